The summed E-state index contributed by atoms with van der Waals surface area (Å²) >= 11 is 0. The molecule has 4 rings (SSSR count). The Bertz CT molecular complexity index is 705. The summed E-state index contributed by atoms with van der Waals surface area (Å²) in [7, 11) is 0. The highest BCUT2D eigenvalue weighted by Crippen LogP contribution is 2.30. The number of nitrogens with one attached hydrogen (secondary N) is 2. The highest BCUT2D eigenvalue weighted by molar-refractivity contribution is 5.58. The summed E-state index contributed by atoms with van der Waals surface area (Å²) in [6, 6.07) is 7.44. The maximum atomic E-state index is 4.85. The fourth-order valence-electron chi connectivity index (χ4n) is 4.04. The number of hydrogen-bond donors (Lipinski definition) is 2. The molecule has 2 aliphatic rings. The Kier molecular flexibility index (Phi) is 4.19. The van der Waals surface area contributed by atoms with Crippen LogP contribution in [0.2, 0.25) is 0 Å². The Morgan fingerprint density at radius 3 is 2.67 bits per heavy atom. The van der Waals surface area contributed by atoms with Gasteiger partial charge < -0.3 is 10.6 Å². The third kappa shape index (κ3) is 3.13. The molecule has 1 aliphatic heterocycles. The van der Waals surface area contributed by atoms with Gasteiger partial charge in [-0.2, -0.15) is 0 Å². The van der Waals surface area contributed by atoms with Crippen LogP contribution in [0.5, 0.6) is 0 Å². The number of hydrogen-bond acceptors (Lipinski definition) is 5. The van der Waals surface area contributed by atoms with Gasteiger partial charge in [-0.15, -0.1) is 0 Å². The van der Waals surface area contributed by atoms with Gasteiger partial charge in [0.05, 0.1) is 0 Å². The molecule has 5 heteroatoms. The zero-order chi connectivity index (χ0) is 16.5. The molecular weight excluding hydrogens is 298 g/mol. The van der Waals surface area contributed by atoms with Crippen LogP contribution < -0.4 is 10.6 Å². The van der Waals surface area contributed by atoms with E-state index < -0.39 is 0 Å². The van der Waals surface area contributed by atoms with E-state index in [1.165, 1.54) is 17.7 Å². The molecule has 1 saturated heterocycles. The summed E-state index contributed by atoms with van der Waals surface area (Å²) in [4.78, 5) is 14.1. The van der Waals surface area contributed by atoms with Crippen molar-refractivity contribution in [2.75, 3.05) is 5.32 Å². The van der Waals surface area contributed by atoms with E-state index in [4.69, 9.17) is 9.97 Å². The molecule has 0 bridgehead atoms. The van der Waals surface area contributed by atoms with E-state index in [0.29, 0.717) is 18.1 Å². The highest BCUT2D eigenvalue weighted by atomic mass is 15.1. The molecule has 24 heavy (non-hydrogen) atoms. The minimum atomic E-state index is 0.465. The zero-order valence-corrected chi connectivity index (χ0v) is 14.4. The number of fused-ring (bicyclic) bond motifs is 1. The number of aryl methyl sites for hydroxylation is 1. The van der Waals surface area contributed by atoms with Gasteiger partial charge in [0.25, 0.3) is 0 Å². The minimum Gasteiger partial charge on any atom is -0.367 e. The van der Waals surface area contributed by atoms with Gasteiger partial charge in [-0.3, -0.25) is 4.98 Å². The monoisotopic (exact) mass is 323 g/mol. The van der Waals surface area contributed by atoms with E-state index in [2.05, 4.69) is 29.5 Å². The van der Waals surface area contributed by atoms with Gasteiger partial charge in [0.2, 0.25) is 0 Å². The molecule has 0 saturated carbocycles. The normalized spacial score (nSPS) is 26.2. The van der Waals surface area contributed by atoms with Crippen molar-refractivity contribution in [3.05, 3.63) is 35.7 Å². The first kappa shape index (κ1) is 15.5. The maximum absolute atomic E-state index is 4.85. The lowest BCUT2D eigenvalue weighted by Gasteiger charge is -2.34. The van der Waals surface area contributed by atoms with Crippen LogP contribution in [0.25, 0.3) is 11.5 Å². The number of nitrogens with zero attached hydrogens (tertiary/aromatic N) is 3. The second-order valence-electron chi connectivity index (χ2n) is 7.17. The van der Waals surface area contributed by atoms with E-state index in [1.54, 1.807) is 6.20 Å². The first-order chi connectivity index (χ1) is 11.7. The largest absolute Gasteiger partial charge is 0.367 e. The molecule has 126 valence electrons. The molecule has 1 fully saturated rings. The molecule has 2 aromatic heterocycles. The molecular formula is C19H25N5. The summed E-state index contributed by atoms with van der Waals surface area (Å²) in [5, 5.41) is 7.34. The topological polar surface area (TPSA) is 62.7 Å². The Hall–Kier alpha value is -2.01. The zero-order valence-electron chi connectivity index (χ0n) is 14.4. The SMILES string of the molecule is CC1CC(Nc2nc(-c3ccccn3)nc3c2CCC3)CC(C)N1. The fourth-order valence-corrected chi connectivity index (χ4v) is 4.04. The van der Waals surface area contributed by atoms with Crippen LogP contribution in [0.1, 0.15) is 44.4 Å². The average molecular weight is 323 g/mol. The molecule has 0 aromatic carbocycles. The fraction of sp³-hybridized carbons (Fsp3) is 0.526. The molecule has 1 aliphatic carbocycles. The van der Waals surface area contributed by atoms with Crippen molar-refractivity contribution in [1.82, 2.24) is 20.3 Å². The van der Waals surface area contributed by atoms with E-state index in [1.807, 2.05) is 18.2 Å². The summed E-state index contributed by atoms with van der Waals surface area (Å²) in [6.45, 7) is 4.52. The number of rotatable bonds is 3. The molecule has 2 unspecified atom stereocenters. The summed E-state index contributed by atoms with van der Waals surface area (Å²) in [6.07, 6.45) is 7.35. The van der Waals surface area contributed by atoms with Crippen LogP contribution in [0.4, 0.5) is 5.82 Å². The second kappa shape index (κ2) is 6.48. The standard InChI is InChI=1S/C19H25N5/c1-12-10-14(11-13(2)21-12)22-18-15-6-5-8-16(15)23-19(24-18)17-7-3-4-9-20-17/h3-4,7,9,12-14,21H,5-6,8,10-11H2,1-2H3,(H,22,23,24). The molecule has 2 aromatic rings. The lowest BCUT2D eigenvalue weighted by molar-refractivity contribution is 0.329. The maximum Gasteiger partial charge on any atom is 0.180 e. The molecule has 0 radical (unpaired) electrons. The van der Waals surface area contributed by atoms with Crippen molar-refractivity contribution in [2.45, 2.75) is 64.1 Å². The molecule has 3 heterocycles. The van der Waals surface area contributed by atoms with Gasteiger partial charge in [-0.25, -0.2) is 9.97 Å². The second-order valence-corrected chi connectivity index (χ2v) is 7.17. The van der Waals surface area contributed by atoms with E-state index in [0.717, 1.165) is 43.0 Å². The Balaban J connectivity index is 1.66. The van der Waals surface area contributed by atoms with Crippen LogP contribution >= 0.6 is 0 Å². The summed E-state index contributed by atoms with van der Waals surface area (Å²) in [5.74, 6) is 1.78. The van der Waals surface area contributed by atoms with Gasteiger partial charge in [0.15, 0.2) is 5.82 Å². The number of pyridine rings is 1. The van der Waals surface area contributed by atoms with Crippen molar-refractivity contribution < 1.29 is 0 Å². The van der Waals surface area contributed by atoms with Crippen molar-refractivity contribution in [2.24, 2.45) is 0 Å². The average Bonchev–Trinajstić information content (AvgIpc) is 3.03. The number of piperidine rings is 1. The minimum absolute atomic E-state index is 0.465. The van der Waals surface area contributed by atoms with Gasteiger partial charge in [-0.1, -0.05) is 6.07 Å². The number of aromatic nitrogens is 3. The van der Waals surface area contributed by atoms with Crippen molar-refractivity contribution in [3.63, 3.8) is 0 Å². The summed E-state index contributed by atoms with van der Waals surface area (Å²) < 4.78 is 0. The van der Waals surface area contributed by atoms with Crippen LogP contribution in [-0.2, 0) is 12.8 Å². The molecule has 5 nitrogen and oxygen atoms in total. The van der Waals surface area contributed by atoms with Gasteiger partial charge in [0, 0.05) is 35.6 Å². The van der Waals surface area contributed by atoms with Crippen LogP contribution in [0.15, 0.2) is 24.4 Å². The Morgan fingerprint density at radius 2 is 1.92 bits per heavy atom. The molecule has 0 amide bonds. The lowest BCUT2D eigenvalue weighted by Crippen LogP contribution is -2.47. The van der Waals surface area contributed by atoms with Gasteiger partial charge >= 0.3 is 0 Å². The summed E-state index contributed by atoms with van der Waals surface area (Å²) in [5.41, 5.74) is 3.36. The first-order valence-corrected chi connectivity index (χ1v) is 9.03. The van der Waals surface area contributed by atoms with E-state index in [9.17, 15) is 0 Å². The Morgan fingerprint density at radius 1 is 1.08 bits per heavy atom. The van der Waals surface area contributed by atoms with E-state index in [-0.39, 0.29) is 0 Å². The first-order valence-electron chi connectivity index (χ1n) is 9.03. The molecule has 2 atom stereocenters. The van der Waals surface area contributed by atoms with Crippen molar-refractivity contribution in [3.8, 4) is 11.5 Å². The van der Waals surface area contributed by atoms with Crippen molar-refractivity contribution >= 4 is 5.82 Å². The van der Waals surface area contributed by atoms with Crippen molar-refractivity contribution in [1.29, 1.82) is 0 Å². The van der Waals surface area contributed by atoms with Gasteiger partial charge in [-0.05, 0) is 58.1 Å². The smallest absolute Gasteiger partial charge is 0.180 e. The third-order valence-corrected chi connectivity index (χ3v) is 5.01. The third-order valence-electron chi connectivity index (χ3n) is 5.01. The van der Waals surface area contributed by atoms with Crippen LogP contribution in [0, 0.1) is 0 Å². The Labute approximate surface area is 143 Å². The van der Waals surface area contributed by atoms with E-state index >= 15 is 0 Å². The predicted molar refractivity (Wildman–Crippen MR) is 96.0 cm³/mol. The predicted octanol–water partition coefficient (Wildman–Crippen LogP) is 2.97. The molecule has 2 N–H and O–H groups in total. The van der Waals surface area contributed by atoms with Gasteiger partial charge in [0.1, 0.15) is 11.5 Å². The quantitative estimate of drug-likeness (QED) is 0.909. The molecule has 0 spiro atoms. The highest BCUT2D eigenvalue weighted by Gasteiger charge is 2.26. The number of anilines is 1. The van der Waals surface area contributed by atoms with Crippen LogP contribution in [-0.4, -0.2) is 33.1 Å². The van der Waals surface area contributed by atoms with Crippen LogP contribution in [0.3, 0.4) is 0 Å². The lowest BCUT2D eigenvalue weighted by atomic mass is 9.95.